The number of guanidine groups is 1. The summed E-state index contributed by atoms with van der Waals surface area (Å²) in [7, 11) is 0. The predicted octanol–water partition coefficient (Wildman–Crippen LogP) is 5.21. The van der Waals surface area contributed by atoms with Gasteiger partial charge in [-0.2, -0.15) is 0 Å². The van der Waals surface area contributed by atoms with Crippen molar-refractivity contribution in [3.8, 4) is 11.5 Å². The zero-order valence-corrected chi connectivity index (χ0v) is 23.9. The zero-order chi connectivity index (χ0) is 28.1. The van der Waals surface area contributed by atoms with Crippen LogP contribution in [0.15, 0.2) is 41.4 Å². The summed E-state index contributed by atoms with van der Waals surface area (Å²) < 4.78 is 12.4. The Labute approximate surface area is 236 Å². The van der Waals surface area contributed by atoms with Crippen LogP contribution in [0.25, 0.3) is 0 Å². The van der Waals surface area contributed by atoms with E-state index in [0.29, 0.717) is 36.7 Å². The van der Waals surface area contributed by atoms with Crippen molar-refractivity contribution < 1.29 is 19.4 Å². The summed E-state index contributed by atoms with van der Waals surface area (Å²) in [5.74, 6) is 1.92. The van der Waals surface area contributed by atoms with Crippen molar-refractivity contribution in [3.63, 3.8) is 0 Å². The Balaban J connectivity index is 1.40. The molecule has 0 saturated carbocycles. The largest absolute Gasteiger partial charge is 0.493 e. The van der Waals surface area contributed by atoms with Crippen molar-refractivity contribution in [2.75, 3.05) is 6.61 Å². The Morgan fingerprint density at radius 3 is 2.77 bits per heavy atom. The van der Waals surface area contributed by atoms with Crippen LogP contribution in [0, 0.1) is 0 Å². The third-order valence-electron chi connectivity index (χ3n) is 9.18. The average Bonchev–Trinajstić information content (AvgIpc) is 2.91. The van der Waals surface area contributed by atoms with Gasteiger partial charge in [0.15, 0.2) is 5.96 Å². The molecule has 0 saturated heterocycles. The number of nitrogens with one attached hydrogen (secondary N) is 1. The van der Waals surface area contributed by atoms with Crippen LogP contribution in [0.3, 0.4) is 0 Å². The topological polar surface area (TPSA) is 109 Å². The van der Waals surface area contributed by atoms with Crippen molar-refractivity contribution in [2.24, 2.45) is 10.7 Å². The van der Waals surface area contributed by atoms with E-state index in [-0.39, 0.29) is 23.6 Å². The average molecular weight is 547 g/mol. The summed E-state index contributed by atoms with van der Waals surface area (Å²) >= 11 is 0. The molecule has 4 N–H and O–H groups in total. The predicted molar refractivity (Wildman–Crippen MR) is 154 cm³/mol. The van der Waals surface area contributed by atoms with E-state index in [1.54, 1.807) is 4.90 Å². The molecule has 8 heteroatoms. The van der Waals surface area contributed by atoms with Gasteiger partial charge < -0.3 is 20.3 Å². The number of hydrogen-bond donors (Lipinski definition) is 3. The monoisotopic (exact) mass is 546 g/mol. The molecule has 8 bridgehead atoms. The van der Waals surface area contributed by atoms with Gasteiger partial charge in [-0.3, -0.25) is 15.0 Å². The summed E-state index contributed by atoms with van der Waals surface area (Å²) in [6, 6.07) is 11.9. The summed E-state index contributed by atoms with van der Waals surface area (Å²) in [4.78, 5) is 20.3. The first-order valence-corrected chi connectivity index (χ1v) is 14.9. The van der Waals surface area contributed by atoms with Crippen LogP contribution in [-0.2, 0) is 11.2 Å². The molecule has 7 aliphatic heterocycles. The van der Waals surface area contributed by atoms with E-state index >= 15 is 0 Å². The molecule has 0 spiro atoms. The molecule has 1 amide bonds. The molecule has 214 valence electrons. The number of rotatable bonds is 1. The summed E-state index contributed by atoms with van der Waals surface area (Å²) in [5.41, 5.74) is 9.65. The minimum absolute atomic E-state index is 0.0159. The van der Waals surface area contributed by atoms with Gasteiger partial charge in [0.1, 0.15) is 23.3 Å². The summed E-state index contributed by atoms with van der Waals surface area (Å²) in [6.45, 7) is 6.78. The van der Waals surface area contributed by atoms with Gasteiger partial charge in [0.2, 0.25) is 5.91 Å². The maximum Gasteiger partial charge on any atom is 0.232 e. The second-order valence-corrected chi connectivity index (χ2v) is 12.6. The van der Waals surface area contributed by atoms with Gasteiger partial charge in [-0.05, 0) is 68.9 Å². The minimum atomic E-state index is -0.916. The number of ether oxygens (including phenoxy) is 2. The molecule has 4 atom stereocenters. The Morgan fingerprint density at radius 2 is 1.98 bits per heavy atom. The Hall–Kier alpha value is -3.10. The maximum absolute atomic E-state index is 13.7. The third-order valence-corrected chi connectivity index (χ3v) is 9.18. The number of hydrogen-bond acceptors (Lipinski definition) is 7. The Morgan fingerprint density at radius 1 is 1.12 bits per heavy atom. The number of nitrogens with two attached hydrogens (primary N) is 1. The van der Waals surface area contributed by atoms with Gasteiger partial charge in [-0.25, -0.2) is 4.99 Å². The van der Waals surface area contributed by atoms with E-state index in [4.69, 9.17) is 20.2 Å². The SMILES string of the molecule is CCC12CCCCCc3ccc4c(c3)OC(C)(C)CC4NC(O)c3ccc4c(c3)C(CCO4)N(C(=O)C1)C(N)=N2. The lowest BCUT2D eigenvalue weighted by Gasteiger charge is -2.42. The molecule has 40 heavy (non-hydrogen) atoms. The van der Waals surface area contributed by atoms with Crippen LogP contribution < -0.4 is 20.5 Å². The van der Waals surface area contributed by atoms with E-state index in [9.17, 15) is 9.90 Å². The van der Waals surface area contributed by atoms with Crippen molar-refractivity contribution in [1.82, 2.24) is 10.2 Å². The van der Waals surface area contributed by atoms with Gasteiger partial charge in [-0.1, -0.05) is 38.0 Å². The number of nitrogens with zero attached hydrogens (tertiary/aromatic N) is 2. The van der Waals surface area contributed by atoms with Gasteiger partial charge in [0, 0.05) is 30.0 Å². The number of amides is 1. The summed E-state index contributed by atoms with van der Waals surface area (Å²) in [5, 5.41) is 14.9. The van der Waals surface area contributed by atoms with Crippen LogP contribution in [-0.4, -0.2) is 39.6 Å². The van der Waals surface area contributed by atoms with Crippen LogP contribution in [0.1, 0.15) is 113 Å². The van der Waals surface area contributed by atoms with E-state index in [0.717, 1.165) is 61.8 Å². The molecular weight excluding hydrogens is 504 g/mol. The van der Waals surface area contributed by atoms with Gasteiger partial charge in [0.25, 0.3) is 0 Å². The fraction of sp³-hybridized carbons (Fsp3) is 0.562. The number of benzene rings is 2. The first kappa shape index (κ1) is 27.1. The maximum atomic E-state index is 13.7. The van der Waals surface area contributed by atoms with Crippen molar-refractivity contribution >= 4 is 11.9 Å². The molecule has 0 aromatic heterocycles. The lowest BCUT2D eigenvalue weighted by molar-refractivity contribution is -0.132. The number of aryl methyl sites for hydroxylation is 1. The first-order valence-electron chi connectivity index (χ1n) is 14.9. The molecule has 9 rings (SSSR count). The number of carbonyl (C=O) groups is 1. The molecule has 7 heterocycles. The normalized spacial score (nSPS) is 29.8. The fourth-order valence-corrected chi connectivity index (χ4v) is 6.97. The number of carbonyl (C=O) groups excluding carboxylic acids is 1. The quantitative estimate of drug-likeness (QED) is 0.453. The zero-order valence-electron chi connectivity index (χ0n) is 23.9. The van der Waals surface area contributed by atoms with Crippen molar-refractivity contribution in [1.29, 1.82) is 0 Å². The lowest BCUT2D eigenvalue weighted by Crippen LogP contribution is -2.53. The fourth-order valence-electron chi connectivity index (χ4n) is 6.97. The van der Waals surface area contributed by atoms with Crippen LogP contribution in [0.2, 0.25) is 0 Å². The second-order valence-electron chi connectivity index (χ2n) is 12.6. The van der Waals surface area contributed by atoms with Gasteiger partial charge >= 0.3 is 0 Å². The minimum Gasteiger partial charge on any atom is -0.493 e. The molecule has 0 radical (unpaired) electrons. The standard InChI is InChI=1S/C32H42N4O4/c1-4-32-14-7-5-6-8-20-9-11-22-24(18-31(2,3)40-27(22)16-20)34-29(38)21-10-12-26-23(17-21)25(13-15-39-26)36(28(37)19-32)30(33)35-32/h9-12,16-17,24-25,29,34,38H,4-8,13-15,18-19H2,1-3H3,(H2,33,35). The second kappa shape index (κ2) is 10.4. The molecule has 0 fully saturated rings. The van der Waals surface area contributed by atoms with E-state index in [1.807, 2.05) is 18.2 Å². The van der Waals surface area contributed by atoms with E-state index in [1.165, 1.54) is 5.56 Å². The summed E-state index contributed by atoms with van der Waals surface area (Å²) in [6.07, 6.45) is 6.49. The highest BCUT2D eigenvalue weighted by Crippen LogP contribution is 2.43. The van der Waals surface area contributed by atoms with Crippen molar-refractivity contribution in [3.05, 3.63) is 58.7 Å². The van der Waals surface area contributed by atoms with Crippen LogP contribution in [0.4, 0.5) is 0 Å². The molecular formula is C32H42N4O4. The smallest absolute Gasteiger partial charge is 0.232 e. The lowest BCUT2D eigenvalue weighted by atomic mass is 9.84. The highest BCUT2D eigenvalue weighted by molar-refractivity contribution is 5.99. The van der Waals surface area contributed by atoms with E-state index in [2.05, 4.69) is 44.3 Å². The number of aliphatic hydroxyl groups is 1. The Bertz CT molecular complexity index is 1320. The van der Waals surface area contributed by atoms with Crippen LogP contribution in [0.5, 0.6) is 11.5 Å². The molecule has 4 unspecified atom stereocenters. The van der Waals surface area contributed by atoms with Gasteiger partial charge in [0.05, 0.1) is 24.6 Å². The molecule has 8 nitrogen and oxygen atoms in total. The molecule has 0 aliphatic carbocycles. The van der Waals surface area contributed by atoms with Crippen molar-refractivity contribution in [2.45, 2.75) is 108 Å². The highest BCUT2D eigenvalue weighted by Gasteiger charge is 2.42. The molecule has 2 aromatic rings. The highest BCUT2D eigenvalue weighted by atomic mass is 16.5. The van der Waals surface area contributed by atoms with E-state index < -0.39 is 11.8 Å². The van der Waals surface area contributed by atoms with Crippen LogP contribution >= 0.6 is 0 Å². The Kier molecular flexibility index (Phi) is 7.03. The first-order chi connectivity index (χ1) is 19.2. The molecule has 2 aromatic carbocycles. The third kappa shape index (κ3) is 5.07. The number of aliphatic hydroxyl groups excluding tert-OH is 1. The van der Waals surface area contributed by atoms with Gasteiger partial charge in [-0.15, -0.1) is 0 Å². The molecule has 7 aliphatic rings. The number of aliphatic imine (C=N–C) groups is 1.